The molecule has 22 heavy (non-hydrogen) atoms. The van der Waals surface area contributed by atoms with Gasteiger partial charge in [0.1, 0.15) is 0 Å². The first kappa shape index (κ1) is 15.2. The van der Waals surface area contributed by atoms with Crippen LogP contribution in [0.5, 0.6) is 0 Å². The molecule has 0 bridgehead atoms. The van der Waals surface area contributed by atoms with Crippen LogP contribution in [0.15, 0.2) is 28.7 Å². The van der Waals surface area contributed by atoms with E-state index in [1.807, 2.05) is 36.1 Å². The summed E-state index contributed by atoms with van der Waals surface area (Å²) < 4.78 is 2.65. The van der Waals surface area contributed by atoms with Gasteiger partial charge in [0.2, 0.25) is 0 Å². The normalized spacial score (nSPS) is 18.0. The van der Waals surface area contributed by atoms with Gasteiger partial charge >= 0.3 is 0 Å². The number of carbonyl (C=O) groups is 1. The standard InChI is InChI=1S/C15H18BrN5O/c1-10-14(15(22)20-6-5-11(8-17)9-20)18-19-21(10)13-4-2-3-12(16)7-13/h2-4,7,11H,5-6,8-9,17H2,1H3. The van der Waals surface area contributed by atoms with E-state index in [1.165, 1.54) is 0 Å². The van der Waals surface area contributed by atoms with Gasteiger partial charge in [0.25, 0.3) is 5.91 Å². The van der Waals surface area contributed by atoms with Gasteiger partial charge in [0.05, 0.1) is 11.4 Å². The number of nitrogens with zero attached hydrogens (tertiary/aromatic N) is 4. The fraction of sp³-hybridized carbons (Fsp3) is 0.400. The van der Waals surface area contributed by atoms with E-state index in [0.717, 1.165) is 28.8 Å². The number of likely N-dealkylation sites (tertiary alicyclic amines) is 1. The Hall–Kier alpha value is -1.73. The first-order valence-corrected chi connectivity index (χ1v) is 8.07. The highest BCUT2D eigenvalue weighted by molar-refractivity contribution is 9.10. The van der Waals surface area contributed by atoms with E-state index in [0.29, 0.717) is 24.7 Å². The Morgan fingerprint density at radius 2 is 2.32 bits per heavy atom. The Morgan fingerprint density at radius 1 is 1.50 bits per heavy atom. The van der Waals surface area contributed by atoms with Crippen LogP contribution in [0.1, 0.15) is 22.6 Å². The molecule has 2 N–H and O–H groups in total. The van der Waals surface area contributed by atoms with E-state index in [-0.39, 0.29) is 5.91 Å². The minimum Gasteiger partial charge on any atom is -0.337 e. The third-order valence-corrected chi connectivity index (χ3v) is 4.55. The maximum absolute atomic E-state index is 12.6. The number of halogens is 1. The molecule has 3 rings (SSSR count). The average molecular weight is 364 g/mol. The number of hydrogen-bond donors (Lipinski definition) is 1. The summed E-state index contributed by atoms with van der Waals surface area (Å²) in [5.74, 6) is 0.332. The third kappa shape index (κ3) is 2.78. The van der Waals surface area contributed by atoms with Gasteiger partial charge in [-0.3, -0.25) is 4.79 Å². The zero-order valence-electron chi connectivity index (χ0n) is 12.4. The summed E-state index contributed by atoms with van der Waals surface area (Å²) in [6.07, 6.45) is 0.959. The first-order chi connectivity index (χ1) is 10.6. The molecule has 2 heterocycles. The van der Waals surface area contributed by atoms with E-state index in [4.69, 9.17) is 5.73 Å². The second kappa shape index (κ2) is 6.18. The van der Waals surface area contributed by atoms with Crippen molar-refractivity contribution in [3.63, 3.8) is 0 Å². The zero-order valence-corrected chi connectivity index (χ0v) is 14.0. The molecule has 1 aromatic carbocycles. The van der Waals surface area contributed by atoms with Gasteiger partial charge in [-0.15, -0.1) is 5.10 Å². The molecule has 1 aliphatic heterocycles. The molecular weight excluding hydrogens is 346 g/mol. The van der Waals surface area contributed by atoms with Crippen LogP contribution in [0.25, 0.3) is 5.69 Å². The lowest BCUT2D eigenvalue weighted by molar-refractivity contribution is 0.0781. The molecule has 1 aromatic heterocycles. The molecule has 1 saturated heterocycles. The summed E-state index contributed by atoms with van der Waals surface area (Å²) in [7, 11) is 0. The Bertz CT molecular complexity index is 699. The summed E-state index contributed by atoms with van der Waals surface area (Å²) in [6, 6.07) is 7.74. The summed E-state index contributed by atoms with van der Waals surface area (Å²) in [4.78, 5) is 14.4. The Kier molecular flexibility index (Phi) is 4.26. The monoisotopic (exact) mass is 363 g/mol. The van der Waals surface area contributed by atoms with Crippen molar-refractivity contribution < 1.29 is 4.79 Å². The number of amides is 1. The van der Waals surface area contributed by atoms with Crippen molar-refractivity contribution in [1.82, 2.24) is 19.9 Å². The third-order valence-electron chi connectivity index (χ3n) is 4.06. The van der Waals surface area contributed by atoms with Crippen molar-refractivity contribution >= 4 is 21.8 Å². The van der Waals surface area contributed by atoms with Crippen molar-refractivity contribution in [1.29, 1.82) is 0 Å². The molecule has 1 amide bonds. The van der Waals surface area contributed by atoms with Crippen LogP contribution in [-0.2, 0) is 0 Å². The lowest BCUT2D eigenvalue weighted by Crippen LogP contribution is -2.30. The second-order valence-corrected chi connectivity index (χ2v) is 6.47. The van der Waals surface area contributed by atoms with Crippen molar-refractivity contribution in [2.24, 2.45) is 11.7 Å². The predicted octanol–water partition coefficient (Wildman–Crippen LogP) is 1.76. The van der Waals surface area contributed by atoms with Crippen molar-refractivity contribution in [2.45, 2.75) is 13.3 Å². The van der Waals surface area contributed by atoms with Crippen LogP contribution in [0.3, 0.4) is 0 Å². The molecule has 0 saturated carbocycles. The Morgan fingerprint density at radius 3 is 3.00 bits per heavy atom. The van der Waals surface area contributed by atoms with Gasteiger partial charge in [-0.25, -0.2) is 4.68 Å². The fourth-order valence-electron chi connectivity index (χ4n) is 2.74. The van der Waals surface area contributed by atoms with Gasteiger partial charge in [-0.05, 0) is 44.0 Å². The number of benzene rings is 1. The highest BCUT2D eigenvalue weighted by atomic mass is 79.9. The molecule has 1 unspecified atom stereocenters. The zero-order chi connectivity index (χ0) is 15.7. The van der Waals surface area contributed by atoms with E-state index in [2.05, 4.69) is 26.2 Å². The largest absolute Gasteiger partial charge is 0.337 e. The molecule has 1 atom stereocenters. The number of nitrogens with two attached hydrogens (primary N) is 1. The number of aromatic nitrogens is 3. The summed E-state index contributed by atoms with van der Waals surface area (Å²) in [5.41, 5.74) is 7.72. The average Bonchev–Trinajstić information content (AvgIpc) is 3.13. The molecule has 7 heteroatoms. The molecule has 1 aliphatic rings. The van der Waals surface area contributed by atoms with Crippen molar-refractivity contribution in [2.75, 3.05) is 19.6 Å². The molecule has 1 fully saturated rings. The Labute approximate surface area is 137 Å². The predicted molar refractivity (Wildman–Crippen MR) is 86.9 cm³/mol. The SMILES string of the molecule is Cc1c(C(=O)N2CCC(CN)C2)nnn1-c1cccc(Br)c1. The highest BCUT2D eigenvalue weighted by Gasteiger charge is 2.29. The first-order valence-electron chi connectivity index (χ1n) is 7.27. The lowest BCUT2D eigenvalue weighted by atomic mass is 10.1. The van der Waals surface area contributed by atoms with Crippen LogP contribution in [0.2, 0.25) is 0 Å². The molecule has 116 valence electrons. The highest BCUT2D eigenvalue weighted by Crippen LogP contribution is 2.20. The molecule has 0 radical (unpaired) electrons. The number of rotatable bonds is 3. The minimum atomic E-state index is -0.0605. The van der Waals surface area contributed by atoms with Gasteiger partial charge in [-0.1, -0.05) is 27.2 Å². The van der Waals surface area contributed by atoms with E-state index in [9.17, 15) is 4.79 Å². The van der Waals surface area contributed by atoms with E-state index in [1.54, 1.807) is 4.68 Å². The van der Waals surface area contributed by atoms with Crippen molar-refractivity contribution in [3.05, 3.63) is 40.1 Å². The van der Waals surface area contributed by atoms with E-state index >= 15 is 0 Å². The molecule has 0 spiro atoms. The topological polar surface area (TPSA) is 77.0 Å². The van der Waals surface area contributed by atoms with Crippen LogP contribution in [-0.4, -0.2) is 45.4 Å². The van der Waals surface area contributed by atoms with Crippen LogP contribution < -0.4 is 5.73 Å². The molecular formula is C15H18BrN5O. The summed E-state index contributed by atoms with van der Waals surface area (Å²) in [5, 5.41) is 8.22. The van der Waals surface area contributed by atoms with E-state index < -0.39 is 0 Å². The number of carbonyl (C=O) groups excluding carboxylic acids is 1. The van der Waals surface area contributed by atoms with Gasteiger partial charge in [-0.2, -0.15) is 0 Å². The quantitative estimate of drug-likeness (QED) is 0.901. The van der Waals surface area contributed by atoms with Gasteiger partial charge in [0.15, 0.2) is 5.69 Å². The van der Waals surface area contributed by atoms with Crippen molar-refractivity contribution in [3.8, 4) is 5.69 Å². The second-order valence-electron chi connectivity index (χ2n) is 5.56. The lowest BCUT2D eigenvalue weighted by Gasteiger charge is -2.15. The maximum Gasteiger partial charge on any atom is 0.276 e. The van der Waals surface area contributed by atoms with Crippen LogP contribution in [0.4, 0.5) is 0 Å². The smallest absolute Gasteiger partial charge is 0.276 e. The summed E-state index contributed by atoms with van der Waals surface area (Å²) >= 11 is 3.44. The number of hydrogen-bond acceptors (Lipinski definition) is 4. The van der Waals surface area contributed by atoms with Crippen LogP contribution in [0, 0.1) is 12.8 Å². The van der Waals surface area contributed by atoms with Gasteiger partial charge < -0.3 is 10.6 Å². The Balaban J connectivity index is 1.86. The van der Waals surface area contributed by atoms with Crippen LogP contribution >= 0.6 is 15.9 Å². The minimum absolute atomic E-state index is 0.0605. The fourth-order valence-corrected chi connectivity index (χ4v) is 3.13. The summed E-state index contributed by atoms with van der Waals surface area (Å²) in [6.45, 7) is 3.93. The van der Waals surface area contributed by atoms with Gasteiger partial charge in [0, 0.05) is 17.6 Å². The maximum atomic E-state index is 12.6. The molecule has 2 aromatic rings. The molecule has 0 aliphatic carbocycles. The molecule has 6 nitrogen and oxygen atoms in total.